The van der Waals surface area contributed by atoms with Crippen molar-refractivity contribution >= 4 is 11.8 Å². The normalized spacial score (nSPS) is 19.4. The van der Waals surface area contributed by atoms with Crippen LogP contribution in [0.3, 0.4) is 0 Å². The topological polar surface area (TPSA) is 98.7 Å². The van der Waals surface area contributed by atoms with Gasteiger partial charge in [0.1, 0.15) is 12.0 Å². The molecule has 170 valence electrons. The van der Waals surface area contributed by atoms with E-state index in [2.05, 4.69) is 38.4 Å². The molecule has 8 nitrogen and oxygen atoms in total. The summed E-state index contributed by atoms with van der Waals surface area (Å²) in [6.45, 7) is 5.50. The first kappa shape index (κ1) is 22.4. The average Bonchev–Trinajstić information content (AvgIpc) is 3.26. The van der Waals surface area contributed by atoms with Gasteiger partial charge in [0.2, 0.25) is 5.91 Å². The Morgan fingerprint density at radius 3 is 2.81 bits per heavy atom. The summed E-state index contributed by atoms with van der Waals surface area (Å²) in [7, 11) is 0. The number of aromatic nitrogens is 2. The lowest BCUT2D eigenvalue weighted by molar-refractivity contribution is -0.127. The quantitative estimate of drug-likeness (QED) is 0.672. The molecule has 3 heterocycles. The summed E-state index contributed by atoms with van der Waals surface area (Å²) >= 11 is 0. The predicted octanol–water partition coefficient (Wildman–Crippen LogP) is 1.04. The molecule has 2 amide bonds. The number of amides is 2. The Labute approximate surface area is 188 Å². The van der Waals surface area contributed by atoms with Gasteiger partial charge in [-0.2, -0.15) is 0 Å². The number of aliphatic hydroxyl groups is 1. The van der Waals surface area contributed by atoms with E-state index >= 15 is 0 Å². The van der Waals surface area contributed by atoms with Crippen LogP contribution in [-0.4, -0.2) is 75.5 Å². The van der Waals surface area contributed by atoms with Crippen molar-refractivity contribution in [2.75, 3.05) is 32.7 Å². The van der Waals surface area contributed by atoms with Gasteiger partial charge in [-0.3, -0.25) is 14.5 Å². The molecule has 0 spiro atoms. The first-order chi connectivity index (χ1) is 15.5. The molecule has 2 aliphatic heterocycles. The largest absolute Gasteiger partial charge is 0.390 e. The minimum Gasteiger partial charge on any atom is -0.390 e. The number of nitrogens with one attached hydrogen (secondary N) is 1. The molecule has 1 saturated heterocycles. The molecule has 0 aliphatic carbocycles. The number of hydrogen-bond acceptors (Lipinski definition) is 6. The van der Waals surface area contributed by atoms with Crippen LogP contribution in [-0.2, 0) is 24.2 Å². The van der Waals surface area contributed by atoms with E-state index in [1.807, 2.05) is 11.0 Å². The summed E-state index contributed by atoms with van der Waals surface area (Å²) in [6, 6.07) is 10.1. The predicted molar refractivity (Wildman–Crippen MR) is 120 cm³/mol. The van der Waals surface area contributed by atoms with E-state index in [1.54, 1.807) is 13.0 Å². The second-order valence-corrected chi connectivity index (χ2v) is 8.84. The summed E-state index contributed by atoms with van der Waals surface area (Å²) < 4.78 is 0. The molecule has 2 aromatic rings. The zero-order valence-electron chi connectivity index (χ0n) is 18.5. The third-order valence-corrected chi connectivity index (χ3v) is 6.36. The van der Waals surface area contributed by atoms with Crippen molar-refractivity contribution in [1.82, 2.24) is 25.1 Å². The van der Waals surface area contributed by atoms with Gasteiger partial charge >= 0.3 is 0 Å². The standard InChI is InChI=1S/C24H31N5O3/c1-17(30)29-9-6-18(13-29)10-21-11-23(27-16-26-21)24(32)25-12-22(31)15-28-8-7-19-4-2-3-5-20(19)14-28/h2-5,11,16,18,22,31H,6-10,12-15H2,1H3,(H,25,32)/t18-,22-/m0/s1. The summed E-state index contributed by atoms with van der Waals surface area (Å²) in [5.74, 6) is 0.136. The van der Waals surface area contributed by atoms with Crippen molar-refractivity contribution in [3.8, 4) is 0 Å². The van der Waals surface area contributed by atoms with Crippen molar-refractivity contribution in [3.63, 3.8) is 0 Å². The van der Waals surface area contributed by atoms with Gasteiger partial charge in [-0.05, 0) is 42.4 Å². The Morgan fingerprint density at radius 2 is 2.03 bits per heavy atom. The van der Waals surface area contributed by atoms with Crippen molar-refractivity contribution < 1.29 is 14.7 Å². The highest BCUT2D eigenvalue weighted by atomic mass is 16.3. The van der Waals surface area contributed by atoms with Gasteiger partial charge < -0.3 is 15.3 Å². The van der Waals surface area contributed by atoms with Gasteiger partial charge in [-0.1, -0.05) is 24.3 Å². The Balaban J connectivity index is 1.24. The molecule has 1 aromatic carbocycles. The number of carbonyl (C=O) groups excluding carboxylic acids is 2. The van der Waals surface area contributed by atoms with Crippen LogP contribution in [0.15, 0.2) is 36.7 Å². The van der Waals surface area contributed by atoms with E-state index in [-0.39, 0.29) is 18.4 Å². The molecule has 32 heavy (non-hydrogen) atoms. The Hall–Kier alpha value is -2.84. The highest BCUT2D eigenvalue weighted by Gasteiger charge is 2.25. The zero-order valence-corrected chi connectivity index (χ0v) is 18.5. The Morgan fingerprint density at radius 1 is 1.22 bits per heavy atom. The summed E-state index contributed by atoms with van der Waals surface area (Å²) in [4.78, 5) is 36.5. The fraction of sp³-hybridized carbons (Fsp3) is 0.500. The van der Waals surface area contributed by atoms with Crippen LogP contribution in [0.2, 0.25) is 0 Å². The number of fused-ring (bicyclic) bond motifs is 1. The first-order valence-electron chi connectivity index (χ1n) is 11.3. The molecular weight excluding hydrogens is 406 g/mol. The minimum absolute atomic E-state index is 0.0996. The van der Waals surface area contributed by atoms with Gasteiger partial charge in [0, 0.05) is 51.9 Å². The minimum atomic E-state index is -0.651. The molecular formula is C24H31N5O3. The fourth-order valence-corrected chi connectivity index (χ4v) is 4.59. The van der Waals surface area contributed by atoms with E-state index in [0.29, 0.717) is 24.6 Å². The van der Waals surface area contributed by atoms with Crippen LogP contribution < -0.4 is 5.32 Å². The van der Waals surface area contributed by atoms with Gasteiger partial charge in [0.25, 0.3) is 5.91 Å². The molecule has 0 saturated carbocycles. The van der Waals surface area contributed by atoms with Gasteiger partial charge in [-0.25, -0.2) is 9.97 Å². The highest BCUT2D eigenvalue weighted by Crippen LogP contribution is 2.20. The van der Waals surface area contributed by atoms with Gasteiger partial charge in [0.15, 0.2) is 0 Å². The van der Waals surface area contributed by atoms with Gasteiger partial charge in [-0.15, -0.1) is 0 Å². The molecule has 1 aromatic heterocycles. The lowest BCUT2D eigenvalue weighted by atomic mass is 10.00. The number of nitrogens with zero attached hydrogens (tertiary/aromatic N) is 4. The number of carbonyl (C=O) groups is 2. The highest BCUT2D eigenvalue weighted by molar-refractivity contribution is 5.92. The lowest BCUT2D eigenvalue weighted by Gasteiger charge is -2.30. The molecule has 2 aliphatic rings. The molecule has 1 fully saturated rings. The Kier molecular flexibility index (Phi) is 7.12. The van der Waals surface area contributed by atoms with E-state index in [1.165, 1.54) is 17.5 Å². The van der Waals surface area contributed by atoms with Crippen LogP contribution in [0.25, 0.3) is 0 Å². The second-order valence-electron chi connectivity index (χ2n) is 8.84. The van der Waals surface area contributed by atoms with Crippen molar-refractivity contribution in [3.05, 3.63) is 59.2 Å². The third-order valence-electron chi connectivity index (χ3n) is 6.36. The van der Waals surface area contributed by atoms with Crippen molar-refractivity contribution in [2.45, 2.75) is 38.8 Å². The number of rotatable bonds is 7. The average molecular weight is 438 g/mol. The molecule has 0 radical (unpaired) electrons. The van der Waals surface area contributed by atoms with Crippen molar-refractivity contribution in [2.24, 2.45) is 5.92 Å². The van der Waals surface area contributed by atoms with Crippen LogP contribution >= 0.6 is 0 Å². The van der Waals surface area contributed by atoms with E-state index < -0.39 is 6.10 Å². The van der Waals surface area contributed by atoms with E-state index in [4.69, 9.17) is 0 Å². The van der Waals surface area contributed by atoms with Crippen LogP contribution in [0.4, 0.5) is 0 Å². The summed E-state index contributed by atoms with van der Waals surface area (Å²) in [5.41, 5.74) is 3.78. The number of aliphatic hydroxyl groups excluding tert-OH is 1. The zero-order chi connectivity index (χ0) is 22.5. The van der Waals surface area contributed by atoms with Gasteiger partial charge in [0.05, 0.1) is 6.10 Å². The maximum Gasteiger partial charge on any atom is 0.270 e. The molecule has 0 bridgehead atoms. The first-order valence-corrected chi connectivity index (χ1v) is 11.3. The van der Waals surface area contributed by atoms with Crippen LogP contribution in [0, 0.1) is 5.92 Å². The summed E-state index contributed by atoms with van der Waals surface area (Å²) in [5, 5.41) is 13.2. The molecule has 8 heteroatoms. The number of β-amino-alcohol motifs (C(OH)–C–C–N with tert-alkyl or cyclic N) is 1. The fourth-order valence-electron chi connectivity index (χ4n) is 4.59. The van der Waals surface area contributed by atoms with E-state index in [9.17, 15) is 14.7 Å². The molecule has 0 unspecified atom stereocenters. The van der Waals surface area contributed by atoms with Crippen molar-refractivity contribution in [1.29, 1.82) is 0 Å². The number of hydrogen-bond donors (Lipinski definition) is 2. The number of likely N-dealkylation sites (tertiary alicyclic amines) is 1. The Bertz CT molecular complexity index is 966. The lowest BCUT2D eigenvalue weighted by Crippen LogP contribution is -2.42. The van der Waals surface area contributed by atoms with E-state index in [0.717, 1.165) is 44.7 Å². The molecule has 2 atom stereocenters. The number of benzene rings is 1. The molecule has 4 rings (SSSR count). The SMILES string of the molecule is CC(=O)N1CC[C@@H](Cc2cc(C(=O)NC[C@H](O)CN3CCc4ccccc4C3)ncn2)C1. The monoisotopic (exact) mass is 437 g/mol. The smallest absolute Gasteiger partial charge is 0.270 e. The summed E-state index contributed by atoms with van der Waals surface area (Å²) in [6.07, 6.45) is 3.39. The molecule has 2 N–H and O–H groups in total. The van der Waals surface area contributed by atoms with Crippen LogP contribution in [0.1, 0.15) is 40.7 Å². The maximum absolute atomic E-state index is 12.6. The second kappa shape index (κ2) is 10.2. The third kappa shape index (κ3) is 5.69. The maximum atomic E-state index is 12.6. The van der Waals surface area contributed by atoms with Crippen LogP contribution in [0.5, 0.6) is 0 Å².